The number of carbonyl (C=O) groups is 3. The maximum absolute atomic E-state index is 12.8. The van der Waals surface area contributed by atoms with Crippen molar-refractivity contribution in [1.29, 1.82) is 0 Å². The van der Waals surface area contributed by atoms with E-state index in [-0.39, 0.29) is 31.1 Å². The fourth-order valence-electron chi connectivity index (χ4n) is 8.38. The quantitative estimate of drug-likeness (QED) is 0.0261. The molecule has 0 amide bonds. The SMILES string of the molecule is CC/C=C\C/C=C\C/C=C\C/C=C\C/C=C\CCCCCC(=O)OC(COC(=O)CCCCCCC)COC(=O)CCCCCCCCCCCCCCCCCCC/C=C\C/C=C\CCCCCCC. The van der Waals surface area contributed by atoms with E-state index in [1.165, 1.54) is 141 Å². The Morgan fingerprint density at radius 3 is 0.873 bits per heavy atom. The van der Waals surface area contributed by atoms with Crippen LogP contribution in [0.25, 0.3) is 0 Å². The number of hydrogen-bond donors (Lipinski definition) is 0. The summed E-state index contributed by atoms with van der Waals surface area (Å²) in [5.41, 5.74) is 0. The van der Waals surface area contributed by atoms with E-state index in [0.29, 0.717) is 19.3 Å². The molecular weight excluding hydrogens is 877 g/mol. The summed E-state index contributed by atoms with van der Waals surface area (Å²) >= 11 is 0. The zero-order valence-corrected chi connectivity index (χ0v) is 46.7. The topological polar surface area (TPSA) is 78.9 Å². The maximum atomic E-state index is 12.8. The molecule has 6 heteroatoms. The summed E-state index contributed by atoms with van der Waals surface area (Å²) in [6.45, 7) is 6.42. The van der Waals surface area contributed by atoms with Crippen molar-refractivity contribution in [1.82, 2.24) is 0 Å². The van der Waals surface area contributed by atoms with Gasteiger partial charge >= 0.3 is 17.9 Å². The second kappa shape index (κ2) is 59.2. The molecule has 0 aromatic rings. The lowest BCUT2D eigenvalue weighted by molar-refractivity contribution is -0.167. The van der Waals surface area contributed by atoms with Crippen LogP contribution in [0.3, 0.4) is 0 Å². The normalized spacial score (nSPS) is 12.7. The minimum atomic E-state index is -0.790. The Morgan fingerprint density at radius 1 is 0.296 bits per heavy atom. The van der Waals surface area contributed by atoms with Crippen LogP contribution in [-0.2, 0) is 28.6 Å². The Bertz CT molecular complexity index is 1370. The second-order valence-electron chi connectivity index (χ2n) is 19.9. The number of hydrogen-bond acceptors (Lipinski definition) is 6. The van der Waals surface area contributed by atoms with Gasteiger partial charge < -0.3 is 14.2 Å². The highest BCUT2D eigenvalue weighted by Gasteiger charge is 2.19. The maximum Gasteiger partial charge on any atom is 0.306 e. The number of carbonyl (C=O) groups excluding carboxylic acids is 3. The summed E-state index contributed by atoms with van der Waals surface area (Å²) in [6.07, 6.45) is 77.8. The first kappa shape index (κ1) is 67.6. The van der Waals surface area contributed by atoms with E-state index in [9.17, 15) is 14.4 Å². The highest BCUT2D eigenvalue weighted by Crippen LogP contribution is 2.16. The van der Waals surface area contributed by atoms with Gasteiger partial charge in [-0.15, -0.1) is 0 Å². The molecule has 0 aliphatic carbocycles. The summed E-state index contributed by atoms with van der Waals surface area (Å²) in [7, 11) is 0. The molecule has 0 heterocycles. The van der Waals surface area contributed by atoms with E-state index < -0.39 is 6.10 Å². The molecule has 0 bridgehead atoms. The van der Waals surface area contributed by atoms with Crippen LogP contribution in [0.5, 0.6) is 0 Å². The first-order chi connectivity index (χ1) is 35.0. The Kier molecular flexibility index (Phi) is 56.3. The summed E-state index contributed by atoms with van der Waals surface area (Å²) in [5.74, 6) is -0.929. The second-order valence-corrected chi connectivity index (χ2v) is 19.9. The molecule has 0 saturated heterocycles. The third-order valence-corrected chi connectivity index (χ3v) is 12.9. The molecule has 0 radical (unpaired) electrons. The molecule has 0 aromatic carbocycles. The van der Waals surface area contributed by atoms with Gasteiger partial charge in [0.25, 0.3) is 0 Å². The molecule has 0 aliphatic heterocycles. The van der Waals surface area contributed by atoms with E-state index >= 15 is 0 Å². The predicted molar refractivity (Wildman–Crippen MR) is 307 cm³/mol. The van der Waals surface area contributed by atoms with Crippen molar-refractivity contribution in [3.63, 3.8) is 0 Å². The van der Waals surface area contributed by atoms with E-state index in [1.54, 1.807) is 0 Å². The van der Waals surface area contributed by atoms with Gasteiger partial charge in [-0.1, -0.05) is 260 Å². The number of rotatable bonds is 54. The molecule has 0 fully saturated rings. The molecule has 408 valence electrons. The van der Waals surface area contributed by atoms with Crippen LogP contribution in [-0.4, -0.2) is 37.2 Å². The summed E-state index contributed by atoms with van der Waals surface area (Å²) in [5, 5.41) is 0. The fraction of sp³-hybridized carbons (Fsp3) is 0.738. The summed E-state index contributed by atoms with van der Waals surface area (Å²) < 4.78 is 16.7. The average molecular weight is 990 g/mol. The number of esters is 3. The molecule has 6 nitrogen and oxygen atoms in total. The Balaban J connectivity index is 4.05. The molecule has 0 rings (SSSR count). The van der Waals surface area contributed by atoms with Crippen LogP contribution in [0, 0.1) is 0 Å². The minimum Gasteiger partial charge on any atom is -0.462 e. The molecule has 0 aromatic heterocycles. The van der Waals surface area contributed by atoms with Gasteiger partial charge in [0.05, 0.1) is 0 Å². The Morgan fingerprint density at radius 2 is 0.549 bits per heavy atom. The highest BCUT2D eigenvalue weighted by atomic mass is 16.6. The van der Waals surface area contributed by atoms with Crippen molar-refractivity contribution in [3.8, 4) is 0 Å². The zero-order valence-electron chi connectivity index (χ0n) is 46.7. The van der Waals surface area contributed by atoms with Crippen LogP contribution in [0.15, 0.2) is 85.1 Å². The standard InChI is InChI=1S/C65H112O6/c1-4-7-10-13-15-17-19-21-23-25-27-28-29-30-31-32-33-34-35-36-38-39-41-43-45-47-49-52-55-58-64(67)70-61-62(60-69-63(66)57-54-51-12-9-6-3)71-65(68)59-56-53-50-48-46-44-42-40-37-26-24-22-20-18-16-14-11-8-5-2/h8,11,16,18-19,21-22,24-25,27,37,40,44,46,62H,4-7,9-10,12-15,17,20,23,26,28-36,38-39,41-43,45,47-61H2,1-3H3/b11-8-,18-16-,21-19-,24-22-,27-25-,40-37-,46-44-. The van der Waals surface area contributed by atoms with Gasteiger partial charge in [-0.05, 0) is 96.3 Å². The van der Waals surface area contributed by atoms with Crippen molar-refractivity contribution in [2.24, 2.45) is 0 Å². The largest absolute Gasteiger partial charge is 0.462 e. The van der Waals surface area contributed by atoms with Gasteiger partial charge in [0.1, 0.15) is 13.2 Å². The van der Waals surface area contributed by atoms with Crippen molar-refractivity contribution < 1.29 is 28.6 Å². The minimum absolute atomic E-state index is 0.0886. The van der Waals surface area contributed by atoms with E-state index in [4.69, 9.17) is 14.2 Å². The van der Waals surface area contributed by atoms with Crippen molar-refractivity contribution in [2.75, 3.05) is 13.2 Å². The third-order valence-electron chi connectivity index (χ3n) is 12.9. The van der Waals surface area contributed by atoms with Crippen LogP contribution in [0.4, 0.5) is 0 Å². The molecule has 0 saturated carbocycles. The van der Waals surface area contributed by atoms with E-state index in [1.807, 2.05) is 0 Å². The molecule has 1 unspecified atom stereocenters. The molecule has 0 aliphatic rings. The van der Waals surface area contributed by atoms with Gasteiger partial charge in [0.15, 0.2) is 6.10 Å². The molecule has 0 N–H and O–H groups in total. The van der Waals surface area contributed by atoms with Gasteiger partial charge in [-0.3, -0.25) is 14.4 Å². The van der Waals surface area contributed by atoms with Gasteiger partial charge in [-0.25, -0.2) is 0 Å². The zero-order chi connectivity index (χ0) is 51.4. The van der Waals surface area contributed by atoms with Crippen molar-refractivity contribution in [2.45, 2.75) is 297 Å². The van der Waals surface area contributed by atoms with Crippen molar-refractivity contribution >= 4 is 17.9 Å². The lowest BCUT2D eigenvalue weighted by Crippen LogP contribution is -2.30. The lowest BCUT2D eigenvalue weighted by atomic mass is 10.0. The Hall–Kier alpha value is -3.41. The summed E-state index contributed by atoms with van der Waals surface area (Å²) in [4.78, 5) is 37.8. The van der Waals surface area contributed by atoms with Gasteiger partial charge in [-0.2, -0.15) is 0 Å². The highest BCUT2D eigenvalue weighted by molar-refractivity contribution is 5.71. The van der Waals surface area contributed by atoms with Crippen LogP contribution >= 0.6 is 0 Å². The smallest absolute Gasteiger partial charge is 0.306 e. The van der Waals surface area contributed by atoms with Crippen LogP contribution in [0.2, 0.25) is 0 Å². The van der Waals surface area contributed by atoms with Gasteiger partial charge in [0.2, 0.25) is 0 Å². The van der Waals surface area contributed by atoms with Crippen LogP contribution < -0.4 is 0 Å². The summed E-state index contributed by atoms with van der Waals surface area (Å²) in [6, 6.07) is 0. The third kappa shape index (κ3) is 57.4. The molecule has 0 spiro atoms. The van der Waals surface area contributed by atoms with E-state index in [2.05, 4.69) is 106 Å². The monoisotopic (exact) mass is 989 g/mol. The number of unbranched alkanes of at least 4 members (excludes halogenated alkanes) is 29. The van der Waals surface area contributed by atoms with E-state index in [0.717, 1.165) is 109 Å². The number of allylic oxidation sites excluding steroid dienone is 14. The first-order valence-corrected chi connectivity index (χ1v) is 30.1. The average Bonchev–Trinajstić information content (AvgIpc) is 3.37. The fourth-order valence-corrected chi connectivity index (χ4v) is 8.38. The lowest BCUT2D eigenvalue weighted by Gasteiger charge is -2.18. The molecular formula is C65H112O6. The Labute approximate surface area is 439 Å². The predicted octanol–water partition coefficient (Wildman–Crippen LogP) is 20.3. The number of ether oxygens (including phenoxy) is 3. The van der Waals surface area contributed by atoms with Crippen LogP contribution in [0.1, 0.15) is 290 Å². The molecule has 1 atom stereocenters. The molecule has 71 heavy (non-hydrogen) atoms. The van der Waals surface area contributed by atoms with Crippen molar-refractivity contribution in [3.05, 3.63) is 85.1 Å². The first-order valence-electron chi connectivity index (χ1n) is 30.1. The van der Waals surface area contributed by atoms with Gasteiger partial charge in [0, 0.05) is 19.3 Å².